The topological polar surface area (TPSA) is 175 Å². The first kappa shape index (κ1) is 37.1. The summed E-state index contributed by atoms with van der Waals surface area (Å²) in [6.45, 7) is 6.34. The minimum atomic E-state index is -0.996. The molecular formula is C38H43NO9. The Hall–Kier alpha value is -5.35. The van der Waals surface area contributed by atoms with Gasteiger partial charge in [0.15, 0.2) is 0 Å². The Kier molecular flexibility index (Phi) is 13.1. The van der Waals surface area contributed by atoms with Crippen molar-refractivity contribution in [1.29, 1.82) is 0 Å². The molecule has 48 heavy (non-hydrogen) atoms. The van der Waals surface area contributed by atoms with E-state index in [-0.39, 0.29) is 60.6 Å². The minimum Gasteiger partial charge on any atom is -0.872 e. The summed E-state index contributed by atoms with van der Waals surface area (Å²) in [7, 11) is 0. The van der Waals surface area contributed by atoms with Crippen molar-refractivity contribution < 1.29 is 45.0 Å². The number of carbonyl (C=O) groups is 3. The summed E-state index contributed by atoms with van der Waals surface area (Å²) in [5.41, 5.74) is 6.63. The number of nitrogens with zero attached hydrogens (tertiary/aromatic N) is 1. The van der Waals surface area contributed by atoms with Gasteiger partial charge < -0.3 is 30.6 Å². The Bertz CT molecular complexity index is 1610. The molecule has 0 aromatic heterocycles. The Morgan fingerprint density at radius 2 is 0.938 bits per heavy atom. The lowest BCUT2D eigenvalue weighted by molar-refractivity contribution is -0.270. The molecule has 0 heterocycles. The number of phenolic OH excluding ortho intramolecular Hbond substituents is 2. The van der Waals surface area contributed by atoms with Gasteiger partial charge in [0.1, 0.15) is 17.2 Å². The van der Waals surface area contributed by atoms with Crippen molar-refractivity contribution in [2.75, 3.05) is 19.6 Å². The zero-order valence-corrected chi connectivity index (χ0v) is 27.5. The van der Waals surface area contributed by atoms with Gasteiger partial charge in [0, 0.05) is 12.8 Å². The summed E-state index contributed by atoms with van der Waals surface area (Å²) in [5.74, 6) is -2.61. The SMILES string of the molecule is Cc1ccc(O)c(Cc2cc(C)cc(Cc3cc(C)ccc3O)c2[O-])c1.O=C(O)CC[N+](CCC(=O)O)(CCC(=O)O)c1ccccc1. The molecule has 254 valence electrons. The maximum absolute atomic E-state index is 13.0. The standard InChI is InChI=1S/C23H24O3.C15H19NO6/c1-14-4-6-21(24)17(8-14)12-19-10-16(3)11-20(23(19)26)13-18-9-15(2)5-7-22(18)25;17-13(18)6-9-16(10-7-14(19)20,11-8-15(21)22)12-4-2-1-3-5-12/h4-11,24-26H,12-13H2,1-3H3;1-5H,6-11H2,(H2-,17,18,19,20,21,22). The maximum atomic E-state index is 13.0. The smallest absolute Gasteiger partial charge is 0.309 e. The third-order valence-electron chi connectivity index (χ3n) is 8.18. The lowest BCUT2D eigenvalue weighted by Crippen LogP contribution is -2.53. The fraction of sp³-hybridized carbons (Fsp3) is 0.289. The van der Waals surface area contributed by atoms with E-state index in [1.165, 1.54) is 0 Å². The van der Waals surface area contributed by atoms with Crippen molar-refractivity contribution in [3.8, 4) is 17.2 Å². The van der Waals surface area contributed by atoms with Crippen LogP contribution in [0.25, 0.3) is 0 Å². The molecule has 0 spiro atoms. The van der Waals surface area contributed by atoms with Gasteiger partial charge in [0.2, 0.25) is 0 Å². The number of quaternary nitrogens is 1. The number of carboxylic acid groups (broad SMARTS) is 3. The fourth-order valence-electron chi connectivity index (χ4n) is 5.71. The Balaban J connectivity index is 0.000000265. The summed E-state index contributed by atoms with van der Waals surface area (Å²) < 4.78 is 0.0335. The highest BCUT2D eigenvalue weighted by molar-refractivity contribution is 5.70. The number of benzene rings is 4. The van der Waals surface area contributed by atoms with Crippen LogP contribution in [0.5, 0.6) is 17.2 Å². The number of aryl methyl sites for hydroxylation is 3. The molecule has 0 saturated heterocycles. The van der Waals surface area contributed by atoms with E-state index in [1.807, 2.05) is 57.2 Å². The van der Waals surface area contributed by atoms with Crippen LogP contribution in [0.4, 0.5) is 5.69 Å². The number of carboxylic acids is 3. The van der Waals surface area contributed by atoms with Gasteiger partial charge in [-0.3, -0.25) is 18.9 Å². The van der Waals surface area contributed by atoms with Crippen molar-refractivity contribution >= 4 is 23.6 Å². The number of phenols is 2. The van der Waals surface area contributed by atoms with Crippen LogP contribution in [0.1, 0.15) is 58.2 Å². The lowest BCUT2D eigenvalue weighted by Gasteiger charge is -2.37. The highest BCUT2D eigenvalue weighted by atomic mass is 16.4. The first-order valence-corrected chi connectivity index (χ1v) is 15.6. The molecule has 0 saturated carbocycles. The Labute approximate surface area is 280 Å². The highest BCUT2D eigenvalue weighted by Crippen LogP contribution is 2.31. The minimum absolute atomic E-state index is 0.0302. The number of para-hydroxylation sites is 1. The molecule has 0 bridgehead atoms. The maximum Gasteiger partial charge on any atom is 0.309 e. The average molecular weight is 658 g/mol. The van der Waals surface area contributed by atoms with E-state index in [0.717, 1.165) is 33.5 Å². The van der Waals surface area contributed by atoms with E-state index in [2.05, 4.69) is 0 Å². The molecule has 0 atom stereocenters. The van der Waals surface area contributed by atoms with Gasteiger partial charge in [-0.15, -0.1) is 5.75 Å². The molecule has 5 N–H and O–H groups in total. The molecule has 0 unspecified atom stereocenters. The van der Waals surface area contributed by atoms with Crippen molar-refractivity contribution in [2.45, 2.75) is 52.9 Å². The van der Waals surface area contributed by atoms with Gasteiger partial charge in [-0.05, 0) is 56.2 Å². The van der Waals surface area contributed by atoms with Gasteiger partial charge in [-0.1, -0.05) is 82.4 Å². The Morgan fingerprint density at radius 3 is 1.31 bits per heavy atom. The number of hydrogen-bond acceptors (Lipinski definition) is 6. The molecule has 0 radical (unpaired) electrons. The molecule has 10 nitrogen and oxygen atoms in total. The van der Waals surface area contributed by atoms with E-state index >= 15 is 0 Å². The van der Waals surface area contributed by atoms with Crippen LogP contribution in [-0.4, -0.2) is 63.1 Å². The summed E-state index contributed by atoms with van der Waals surface area (Å²) in [4.78, 5) is 32.7. The molecule has 4 aromatic carbocycles. The van der Waals surface area contributed by atoms with Crippen LogP contribution in [0, 0.1) is 20.8 Å². The van der Waals surface area contributed by atoms with Crippen LogP contribution < -0.4 is 9.59 Å². The van der Waals surface area contributed by atoms with E-state index in [0.29, 0.717) is 24.0 Å². The zero-order valence-electron chi connectivity index (χ0n) is 27.5. The second kappa shape index (κ2) is 17.0. The van der Waals surface area contributed by atoms with E-state index in [1.54, 1.807) is 42.5 Å². The molecule has 10 heteroatoms. The van der Waals surface area contributed by atoms with Gasteiger partial charge in [-0.2, -0.15) is 0 Å². The third-order valence-corrected chi connectivity index (χ3v) is 8.18. The molecule has 4 aromatic rings. The zero-order chi connectivity index (χ0) is 35.4. The predicted octanol–water partition coefficient (Wildman–Crippen LogP) is 5.70. The molecule has 4 rings (SSSR count). The average Bonchev–Trinajstić information content (AvgIpc) is 3.03. The highest BCUT2D eigenvalue weighted by Gasteiger charge is 2.32. The number of hydrogen-bond donors (Lipinski definition) is 5. The van der Waals surface area contributed by atoms with E-state index in [9.17, 15) is 29.7 Å². The van der Waals surface area contributed by atoms with E-state index in [4.69, 9.17) is 15.3 Å². The van der Waals surface area contributed by atoms with Crippen LogP contribution in [0.2, 0.25) is 0 Å². The fourth-order valence-corrected chi connectivity index (χ4v) is 5.71. The van der Waals surface area contributed by atoms with Gasteiger partial charge in [0.25, 0.3) is 0 Å². The van der Waals surface area contributed by atoms with Crippen molar-refractivity contribution in [2.24, 2.45) is 0 Å². The number of rotatable bonds is 14. The monoisotopic (exact) mass is 657 g/mol. The Morgan fingerprint density at radius 1 is 0.562 bits per heavy atom. The van der Waals surface area contributed by atoms with Gasteiger partial charge in [-0.25, -0.2) is 0 Å². The second-order valence-corrected chi connectivity index (χ2v) is 12.1. The molecule has 0 fully saturated rings. The first-order chi connectivity index (χ1) is 22.7. The van der Waals surface area contributed by atoms with Crippen molar-refractivity contribution in [1.82, 2.24) is 4.48 Å². The predicted molar refractivity (Wildman–Crippen MR) is 182 cm³/mol. The summed E-state index contributed by atoms with van der Waals surface area (Å²) in [6, 6.07) is 23.5. The van der Waals surface area contributed by atoms with Crippen molar-refractivity contribution in [3.05, 3.63) is 118 Å². The molecule has 0 aliphatic rings. The quantitative estimate of drug-likeness (QED) is 0.107. The molecule has 0 amide bonds. The largest absolute Gasteiger partial charge is 0.872 e. The molecule has 0 aliphatic heterocycles. The molecule has 0 aliphatic carbocycles. The van der Waals surface area contributed by atoms with Crippen LogP contribution >= 0.6 is 0 Å². The third kappa shape index (κ3) is 10.9. The second-order valence-electron chi connectivity index (χ2n) is 12.1. The summed E-state index contributed by atoms with van der Waals surface area (Å²) >= 11 is 0. The van der Waals surface area contributed by atoms with Crippen LogP contribution in [0.3, 0.4) is 0 Å². The van der Waals surface area contributed by atoms with Gasteiger partial charge >= 0.3 is 17.9 Å². The number of aromatic hydroxyl groups is 2. The normalized spacial score (nSPS) is 11.0. The van der Waals surface area contributed by atoms with Crippen molar-refractivity contribution in [3.63, 3.8) is 0 Å². The first-order valence-electron chi connectivity index (χ1n) is 15.6. The van der Waals surface area contributed by atoms with Crippen LogP contribution in [0.15, 0.2) is 78.9 Å². The van der Waals surface area contributed by atoms with E-state index < -0.39 is 17.9 Å². The lowest BCUT2D eigenvalue weighted by atomic mass is 9.94. The number of aliphatic carboxylic acids is 3. The molecular weight excluding hydrogens is 614 g/mol. The summed E-state index contributed by atoms with van der Waals surface area (Å²) in [6.07, 6.45) is 0.304. The van der Waals surface area contributed by atoms with Crippen LogP contribution in [-0.2, 0) is 27.2 Å². The van der Waals surface area contributed by atoms with Gasteiger partial charge in [0.05, 0.1) is 38.9 Å². The summed E-state index contributed by atoms with van der Waals surface area (Å²) in [5, 5.41) is 60.0.